The SMILES string of the molecule is C=C(CN1CCSCC1)C(=O)NC[C@@H](NC(=O)[C@H](Cc1nc2ccc(Cl)cc2s1)NC(=O)CCC)[C@@H](C)CC. The fraction of sp³-hybridized carbons (Fsp3) is 0.571. The summed E-state index contributed by atoms with van der Waals surface area (Å²) in [4.78, 5) is 45.7. The number of rotatable bonds is 14. The molecule has 0 unspecified atom stereocenters. The topological polar surface area (TPSA) is 103 Å². The van der Waals surface area contributed by atoms with Crippen molar-refractivity contribution in [1.29, 1.82) is 0 Å². The summed E-state index contributed by atoms with van der Waals surface area (Å²) in [7, 11) is 0. The van der Waals surface area contributed by atoms with Crippen LogP contribution in [0.15, 0.2) is 30.4 Å². The van der Waals surface area contributed by atoms with Crippen molar-refractivity contribution in [3.63, 3.8) is 0 Å². The van der Waals surface area contributed by atoms with E-state index < -0.39 is 6.04 Å². The predicted molar refractivity (Wildman–Crippen MR) is 162 cm³/mol. The molecule has 0 saturated carbocycles. The third-order valence-electron chi connectivity index (χ3n) is 6.88. The molecule has 39 heavy (non-hydrogen) atoms. The van der Waals surface area contributed by atoms with Crippen molar-refractivity contribution >= 4 is 62.6 Å². The van der Waals surface area contributed by atoms with E-state index in [2.05, 4.69) is 32.4 Å². The van der Waals surface area contributed by atoms with Gasteiger partial charge >= 0.3 is 0 Å². The first-order valence-corrected chi connectivity index (χ1v) is 16.0. The largest absolute Gasteiger partial charge is 0.350 e. The van der Waals surface area contributed by atoms with Crippen LogP contribution in [-0.2, 0) is 20.8 Å². The second-order valence-electron chi connectivity index (χ2n) is 10.00. The molecule has 2 aromatic rings. The second kappa shape index (κ2) is 15.6. The Morgan fingerprint density at radius 3 is 2.62 bits per heavy atom. The summed E-state index contributed by atoms with van der Waals surface area (Å²) >= 11 is 9.51. The highest BCUT2D eigenvalue weighted by Crippen LogP contribution is 2.26. The van der Waals surface area contributed by atoms with Gasteiger partial charge in [-0.15, -0.1) is 11.3 Å². The Hall–Kier alpha value is -2.14. The lowest BCUT2D eigenvalue weighted by Crippen LogP contribution is -2.54. The molecular weight excluding hydrogens is 554 g/mol. The number of hydrogen-bond acceptors (Lipinski definition) is 7. The average Bonchev–Trinajstić information content (AvgIpc) is 3.31. The highest BCUT2D eigenvalue weighted by molar-refractivity contribution is 7.99. The van der Waals surface area contributed by atoms with Crippen LogP contribution in [0.1, 0.15) is 45.0 Å². The fourth-order valence-electron chi connectivity index (χ4n) is 4.30. The molecule has 8 nitrogen and oxygen atoms in total. The quantitative estimate of drug-likeness (QED) is 0.286. The van der Waals surface area contributed by atoms with Crippen molar-refractivity contribution in [2.24, 2.45) is 5.92 Å². The highest BCUT2D eigenvalue weighted by Gasteiger charge is 2.27. The summed E-state index contributed by atoms with van der Waals surface area (Å²) in [5, 5.41) is 10.3. The van der Waals surface area contributed by atoms with Gasteiger partial charge in [-0.1, -0.05) is 45.4 Å². The monoisotopic (exact) mass is 593 g/mol. The standard InChI is InChI=1S/C28H40ClN5O3S2/c1-5-7-25(35)31-22(15-26-32-21-9-8-20(29)14-24(21)39-26)28(37)33-23(18(3)6-2)16-30-27(36)19(4)17-34-10-12-38-13-11-34/h8-9,14,18,22-23H,4-7,10-13,15-17H2,1-3H3,(H,30,36)(H,31,35)(H,33,37)/t18-,22-,23+/m0/s1. The smallest absolute Gasteiger partial charge is 0.247 e. The summed E-state index contributed by atoms with van der Waals surface area (Å²) in [6.45, 7) is 12.7. The zero-order valence-electron chi connectivity index (χ0n) is 23.1. The molecule has 2 heterocycles. The minimum absolute atomic E-state index is 0.109. The zero-order chi connectivity index (χ0) is 28.4. The van der Waals surface area contributed by atoms with Crippen LogP contribution >= 0.6 is 34.7 Å². The molecule has 3 atom stereocenters. The summed E-state index contributed by atoms with van der Waals surface area (Å²) in [6.07, 6.45) is 2.10. The molecule has 0 aliphatic carbocycles. The number of nitrogens with zero attached hydrogens (tertiary/aromatic N) is 2. The molecule has 1 aliphatic rings. The lowest BCUT2D eigenvalue weighted by molar-refractivity contribution is -0.129. The lowest BCUT2D eigenvalue weighted by Gasteiger charge is -2.28. The van der Waals surface area contributed by atoms with Gasteiger partial charge in [0, 0.05) is 67.2 Å². The van der Waals surface area contributed by atoms with E-state index in [9.17, 15) is 14.4 Å². The number of halogens is 1. The fourth-order valence-corrected chi connectivity index (χ4v) is 6.57. The third-order valence-corrected chi connectivity index (χ3v) is 9.10. The first kappa shape index (κ1) is 31.4. The van der Waals surface area contributed by atoms with Gasteiger partial charge in [-0.25, -0.2) is 4.98 Å². The van der Waals surface area contributed by atoms with E-state index in [1.165, 1.54) is 11.3 Å². The number of fused-ring (bicyclic) bond motifs is 1. The van der Waals surface area contributed by atoms with Crippen LogP contribution in [0, 0.1) is 5.92 Å². The number of amides is 3. The predicted octanol–water partition coefficient (Wildman–Crippen LogP) is 4.03. The minimum Gasteiger partial charge on any atom is -0.350 e. The van der Waals surface area contributed by atoms with Crippen molar-refractivity contribution in [3.8, 4) is 0 Å². The summed E-state index contributed by atoms with van der Waals surface area (Å²) in [6, 6.07) is 4.40. The maximum atomic E-state index is 13.5. The van der Waals surface area contributed by atoms with E-state index in [0.29, 0.717) is 30.0 Å². The Kier molecular flexibility index (Phi) is 12.6. The summed E-state index contributed by atoms with van der Waals surface area (Å²) < 4.78 is 0.931. The van der Waals surface area contributed by atoms with Gasteiger partial charge < -0.3 is 16.0 Å². The molecular formula is C28H40ClN5O3S2. The van der Waals surface area contributed by atoms with Crippen molar-refractivity contribution < 1.29 is 14.4 Å². The Labute approximate surface area is 244 Å². The van der Waals surface area contributed by atoms with E-state index >= 15 is 0 Å². The molecule has 0 spiro atoms. The van der Waals surface area contributed by atoms with E-state index in [0.717, 1.165) is 46.2 Å². The van der Waals surface area contributed by atoms with Gasteiger partial charge in [-0.2, -0.15) is 11.8 Å². The molecule has 11 heteroatoms. The van der Waals surface area contributed by atoms with Crippen molar-refractivity contribution in [3.05, 3.63) is 40.4 Å². The number of thioether (sulfide) groups is 1. The van der Waals surface area contributed by atoms with Crippen LogP contribution in [0.2, 0.25) is 5.02 Å². The maximum Gasteiger partial charge on any atom is 0.247 e. The van der Waals surface area contributed by atoms with Gasteiger partial charge in [0.2, 0.25) is 17.7 Å². The van der Waals surface area contributed by atoms with Gasteiger partial charge in [0.05, 0.1) is 15.2 Å². The van der Waals surface area contributed by atoms with Gasteiger partial charge in [0.15, 0.2) is 0 Å². The van der Waals surface area contributed by atoms with E-state index in [1.807, 2.05) is 44.7 Å². The Balaban J connectivity index is 1.66. The highest BCUT2D eigenvalue weighted by atomic mass is 35.5. The van der Waals surface area contributed by atoms with Crippen LogP contribution in [-0.4, -0.2) is 77.4 Å². The Morgan fingerprint density at radius 1 is 1.18 bits per heavy atom. The van der Waals surface area contributed by atoms with Crippen LogP contribution in [0.4, 0.5) is 0 Å². The molecule has 3 rings (SSSR count). The van der Waals surface area contributed by atoms with Crippen LogP contribution in [0.3, 0.4) is 0 Å². The molecule has 1 fully saturated rings. The van der Waals surface area contributed by atoms with Crippen LogP contribution in [0.5, 0.6) is 0 Å². The third kappa shape index (κ3) is 9.77. The molecule has 3 N–H and O–H groups in total. The minimum atomic E-state index is -0.783. The number of aromatic nitrogens is 1. The number of hydrogen-bond donors (Lipinski definition) is 3. The molecule has 1 saturated heterocycles. The van der Waals surface area contributed by atoms with Crippen LogP contribution < -0.4 is 16.0 Å². The molecule has 1 aromatic heterocycles. The van der Waals surface area contributed by atoms with Crippen LogP contribution in [0.25, 0.3) is 10.2 Å². The average molecular weight is 594 g/mol. The first-order chi connectivity index (χ1) is 18.7. The molecule has 3 amide bonds. The Bertz CT molecular complexity index is 1150. The summed E-state index contributed by atoms with van der Waals surface area (Å²) in [5.41, 5.74) is 1.33. The molecule has 1 aliphatic heterocycles. The van der Waals surface area contributed by atoms with Crippen molar-refractivity contribution in [1.82, 2.24) is 25.8 Å². The van der Waals surface area contributed by atoms with Crippen molar-refractivity contribution in [2.45, 2.75) is 58.5 Å². The van der Waals surface area contributed by atoms with Gasteiger partial charge in [-0.05, 0) is 30.5 Å². The van der Waals surface area contributed by atoms with Gasteiger partial charge in [0.25, 0.3) is 0 Å². The van der Waals surface area contributed by atoms with E-state index in [4.69, 9.17) is 11.6 Å². The molecule has 214 valence electrons. The lowest BCUT2D eigenvalue weighted by atomic mass is 9.98. The van der Waals surface area contributed by atoms with Gasteiger partial charge in [0.1, 0.15) is 6.04 Å². The normalized spacial score (nSPS) is 16.3. The van der Waals surface area contributed by atoms with E-state index in [1.54, 1.807) is 6.07 Å². The van der Waals surface area contributed by atoms with E-state index in [-0.39, 0.29) is 42.6 Å². The number of thiazole rings is 1. The molecule has 0 radical (unpaired) electrons. The Morgan fingerprint density at radius 2 is 1.92 bits per heavy atom. The number of benzene rings is 1. The number of carbonyl (C=O) groups is 3. The second-order valence-corrected chi connectivity index (χ2v) is 12.8. The van der Waals surface area contributed by atoms with Crippen molar-refractivity contribution in [2.75, 3.05) is 37.7 Å². The first-order valence-electron chi connectivity index (χ1n) is 13.6. The molecule has 0 bridgehead atoms. The molecule has 1 aromatic carbocycles. The summed E-state index contributed by atoms with van der Waals surface area (Å²) in [5.74, 6) is 1.58. The van der Waals surface area contributed by atoms with Gasteiger partial charge in [-0.3, -0.25) is 19.3 Å². The zero-order valence-corrected chi connectivity index (χ0v) is 25.4. The number of carbonyl (C=O) groups excluding carboxylic acids is 3. The number of nitrogens with one attached hydrogen (secondary N) is 3. The maximum absolute atomic E-state index is 13.5.